The van der Waals surface area contributed by atoms with Gasteiger partial charge in [0.25, 0.3) is 11.5 Å². The number of rotatable bonds is 8. The van der Waals surface area contributed by atoms with Gasteiger partial charge < -0.3 is 4.90 Å². The van der Waals surface area contributed by atoms with Crippen LogP contribution < -0.4 is 5.56 Å². The van der Waals surface area contributed by atoms with E-state index in [0.717, 1.165) is 24.9 Å². The molecule has 5 heteroatoms. The van der Waals surface area contributed by atoms with E-state index in [9.17, 15) is 9.59 Å². The van der Waals surface area contributed by atoms with E-state index in [4.69, 9.17) is 4.98 Å². The molecule has 0 N–H and O–H groups in total. The third-order valence-electron chi connectivity index (χ3n) is 5.94. The van der Waals surface area contributed by atoms with Crippen LogP contribution in [0.2, 0.25) is 0 Å². The molecule has 1 aromatic heterocycles. The minimum atomic E-state index is -0.396. The smallest absolute Gasteiger partial charge is 0.266 e. The van der Waals surface area contributed by atoms with Crippen molar-refractivity contribution in [2.45, 2.75) is 39.2 Å². The average Bonchev–Trinajstić information content (AvgIpc) is 2.87. The van der Waals surface area contributed by atoms with Crippen LogP contribution in [0.25, 0.3) is 16.6 Å². The van der Waals surface area contributed by atoms with Crippen LogP contribution in [0, 0.1) is 0 Å². The van der Waals surface area contributed by atoms with Crippen molar-refractivity contribution in [2.75, 3.05) is 6.54 Å². The van der Waals surface area contributed by atoms with Crippen LogP contribution in [-0.2, 0) is 0 Å². The number of nitrogens with zero attached hydrogens (tertiary/aromatic N) is 3. The largest absolute Gasteiger partial charge is 0.329 e. The Bertz CT molecular complexity index is 1280. The Balaban J connectivity index is 1.87. The molecule has 0 aliphatic heterocycles. The van der Waals surface area contributed by atoms with Gasteiger partial charge in [-0.25, -0.2) is 4.98 Å². The van der Waals surface area contributed by atoms with Gasteiger partial charge in [-0.15, -0.1) is 0 Å². The Hall–Kier alpha value is -3.73. The van der Waals surface area contributed by atoms with Crippen LogP contribution in [0.1, 0.15) is 55.3 Å². The number of para-hydroxylation sites is 2. The minimum Gasteiger partial charge on any atom is -0.329 e. The van der Waals surface area contributed by atoms with Crippen molar-refractivity contribution < 1.29 is 4.79 Å². The number of hydrogen-bond acceptors (Lipinski definition) is 3. The number of aromatic nitrogens is 2. The lowest BCUT2D eigenvalue weighted by atomic mass is 10.1. The fourth-order valence-corrected chi connectivity index (χ4v) is 4.15. The molecule has 0 saturated heterocycles. The first-order chi connectivity index (χ1) is 16.1. The maximum absolute atomic E-state index is 13.6. The van der Waals surface area contributed by atoms with Crippen molar-refractivity contribution in [1.82, 2.24) is 14.5 Å². The van der Waals surface area contributed by atoms with Crippen molar-refractivity contribution in [3.8, 4) is 5.69 Å². The molecule has 0 saturated carbocycles. The maximum atomic E-state index is 13.6. The van der Waals surface area contributed by atoms with E-state index in [0.29, 0.717) is 28.8 Å². The Morgan fingerprint density at radius 1 is 0.909 bits per heavy atom. The molecule has 1 amide bonds. The highest BCUT2D eigenvalue weighted by atomic mass is 16.2. The molecular formula is C28H29N3O2. The lowest BCUT2D eigenvalue weighted by Crippen LogP contribution is -2.38. The first-order valence-electron chi connectivity index (χ1n) is 11.5. The van der Waals surface area contributed by atoms with Crippen molar-refractivity contribution in [3.05, 3.63) is 107 Å². The highest BCUT2D eigenvalue weighted by molar-refractivity contribution is 5.94. The van der Waals surface area contributed by atoms with Gasteiger partial charge in [-0.05, 0) is 49.7 Å². The van der Waals surface area contributed by atoms with Crippen molar-refractivity contribution in [2.24, 2.45) is 0 Å². The molecule has 3 aromatic carbocycles. The predicted octanol–water partition coefficient (Wildman–Crippen LogP) is 5.78. The zero-order valence-corrected chi connectivity index (χ0v) is 19.1. The second-order valence-electron chi connectivity index (χ2n) is 8.21. The van der Waals surface area contributed by atoms with Gasteiger partial charge in [0.05, 0.1) is 22.6 Å². The zero-order chi connectivity index (χ0) is 23.2. The monoisotopic (exact) mass is 439 g/mol. The normalized spacial score (nSPS) is 11.9. The lowest BCUT2D eigenvalue weighted by Gasteiger charge is -2.31. The van der Waals surface area contributed by atoms with E-state index in [1.807, 2.05) is 90.7 Å². The minimum absolute atomic E-state index is 0.0544. The van der Waals surface area contributed by atoms with Crippen LogP contribution in [0.3, 0.4) is 0 Å². The van der Waals surface area contributed by atoms with Crippen molar-refractivity contribution in [3.63, 3.8) is 0 Å². The van der Waals surface area contributed by atoms with E-state index < -0.39 is 6.04 Å². The SMILES string of the molecule is CCCCCN(C(=O)c1ccccc1)C(C)c1nc2ccccc2c(=O)n1-c1ccccc1. The highest BCUT2D eigenvalue weighted by Gasteiger charge is 2.27. The average molecular weight is 440 g/mol. The van der Waals surface area contributed by atoms with Gasteiger partial charge in [0.15, 0.2) is 0 Å². The summed E-state index contributed by atoms with van der Waals surface area (Å²) in [6.45, 7) is 4.70. The van der Waals surface area contributed by atoms with Gasteiger partial charge in [-0.2, -0.15) is 0 Å². The van der Waals surface area contributed by atoms with E-state index in [1.54, 1.807) is 10.6 Å². The molecule has 5 nitrogen and oxygen atoms in total. The van der Waals surface area contributed by atoms with Gasteiger partial charge in [-0.3, -0.25) is 14.2 Å². The molecule has 0 radical (unpaired) electrons. The van der Waals surface area contributed by atoms with Crippen LogP contribution in [0.5, 0.6) is 0 Å². The molecule has 168 valence electrons. The topological polar surface area (TPSA) is 55.2 Å². The van der Waals surface area contributed by atoms with E-state index in [2.05, 4.69) is 6.92 Å². The number of amides is 1. The second-order valence-corrected chi connectivity index (χ2v) is 8.21. The quantitative estimate of drug-likeness (QED) is 0.327. The molecular weight excluding hydrogens is 410 g/mol. The Kier molecular flexibility index (Phi) is 6.98. The number of hydrogen-bond donors (Lipinski definition) is 0. The first kappa shape index (κ1) is 22.5. The number of benzene rings is 3. The molecule has 0 spiro atoms. The van der Waals surface area contributed by atoms with Gasteiger partial charge in [0, 0.05) is 12.1 Å². The number of carbonyl (C=O) groups is 1. The summed E-state index contributed by atoms with van der Waals surface area (Å²) >= 11 is 0. The third-order valence-corrected chi connectivity index (χ3v) is 5.94. The van der Waals surface area contributed by atoms with Gasteiger partial charge in [0.2, 0.25) is 0 Å². The summed E-state index contributed by atoms with van der Waals surface area (Å²) in [4.78, 5) is 33.9. The van der Waals surface area contributed by atoms with Crippen molar-refractivity contribution >= 4 is 16.8 Å². The molecule has 4 aromatic rings. The van der Waals surface area contributed by atoms with Crippen LogP contribution in [-0.4, -0.2) is 26.9 Å². The van der Waals surface area contributed by atoms with E-state index >= 15 is 0 Å². The fourth-order valence-electron chi connectivity index (χ4n) is 4.15. The van der Waals surface area contributed by atoms with Crippen LogP contribution in [0.15, 0.2) is 89.7 Å². The second kappa shape index (κ2) is 10.3. The maximum Gasteiger partial charge on any atom is 0.266 e. The van der Waals surface area contributed by atoms with Crippen LogP contribution in [0.4, 0.5) is 0 Å². The molecule has 0 aliphatic rings. The summed E-state index contributed by atoms with van der Waals surface area (Å²) in [6, 6.07) is 25.8. The van der Waals surface area contributed by atoms with E-state index in [-0.39, 0.29) is 11.5 Å². The first-order valence-corrected chi connectivity index (χ1v) is 11.5. The summed E-state index contributed by atoms with van der Waals surface area (Å²) in [6.07, 6.45) is 2.98. The van der Waals surface area contributed by atoms with Gasteiger partial charge in [-0.1, -0.05) is 68.3 Å². The molecule has 0 bridgehead atoms. The Labute approximate surface area is 194 Å². The highest BCUT2D eigenvalue weighted by Crippen LogP contribution is 2.25. The van der Waals surface area contributed by atoms with Crippen LogP contribution >= 0.6 is 0 Å². The number of fused-ring (bicyclic) bond motifs is 1. The molecule has 1 atom stereocenters. The van der Waals surface area contributed by atoms with Gasteiger partial charge in [0.1, 0.15) is 5.82 Å². The molecule has 4 rings (SSSR count). The van der Waals surface area contributed by atoms with E-state index in [1.165, 1.54) is 0 Å². The summed E-state index contributed by atoms with van der Waals surface area (Å²) in [7, 11) is 0. The summed E-state index contributed by atoms with van der Waals surface area (Å²) in [5.74, 6) is 0.506. The number of unbranched alkanes of at least 4 members (excludes halogenated alkanes) is 2. The number of carbonyl (C=O) groups excluding carboxylic acids is 1. The Morgan fingerprint density at radius 3 is 2.24 bits per heavy atom. The van der Waals surface area contributed by atoms with Gasteiger partial charge >= 0.3 is 0 Å². The summed E-state index contributed by atoms with van der Waals surface area (Å²) in [5, 5.41) is 0.559. The fraction of sp³-hybridized carbons (Fsp3) is 0.250. The molecule has 0 aliphatic carbocycles. The Morgan fingerprint density at radius 2 is 1.55 bits per heavy atom. The third kappa shape index (κ3) is 4.72. The van der Waals surface area contributed by atoms with Crippen molar-refractivity contribution in [1.29, 1.82) is 0 Å². The molecule has 33 heavy (non-hydrogen) atoms. The molecule has 1 heterocycles. The summed E-state index contributed by atoms with van der Waals surface area (Å²) < 4.78 is 1.65. The standard InChI is InChI=1S/C28H29N3O2/c1-3-4-13-20-30(27(32)22-14-7-5-8-15-22)21(2)26-29-25-19-12-11-18-24(25)28(33)31(26)23-16-9-6-10-17-23/h5-12,14-19,21H,3-4,13,20H2,1-2H3. The summed E-state index contributed by atoms with van der Waals surface area (Å²) in [5.41, 5.74) is 1.88. The molecule has 1 unspecified atom stereocenters. The predicted molar refractivity (Wildman–Crippen MR) is 133 cm³/mol. The zero-order valence-electron chi connectivity index (χ0n) is 19.1. The molecule has 0 fully saturated rings. The lowest BCUT2D eigenvalue weighted by molar-refractivity contribution is 0.0677.